The molecule has 0 radical (unpaired) electrons. The Morgan fingerprint density at radius 1 is 1.14 bits per heavy atom. The average molecular weight is 281 g/mol. The first kappa shape index (κ1) is 14.7. The minimum absolute atomic E-state index is 0.0496. The molecule has 0 fully saturated rings. The van der Waals surface area contributed by atoms with E-state index in [0.29, 0.717) is 13.0 Å². The van der Waals surface area contributed by atoms with Crippen LogP contribution in [-0.4, -0.2) is 4.92 Å². The van der Waals surface area contributed by atoms with Gasteiger partial charge in [0.15, 0.2) is 0 Å². The normalized spacial score (nSPS) is 11.6. The number of nitro groups is 1. The number of nitrogens with zero attached hydrogens (tertiary/aromatic N) is 2. The van der Waals surface area contributed by atoms with E-state index in [1.54, 1.807) is 12.1 Å². The molecule has 106 valence electrons. The molecule has 0 heterocycles. The highest BCUT2D eigenvalue weighted by Gasteiger charge is 2.10. The van der Waals surface area contributed by atoms with Crippen LogP contribution in [0.15, 0.2) is 54.6 Å². The highest BCUT2D eigenvalue weighted by atomic mass is 16.6. The number of benzene rings is 2. The first-order valence-electron chi connectivity index (χ1n) is 6.59. The maximum atomic E-state index is 10.6. The lowest BCUT2D eigenvalue weighted by atomic mass is 10.0. The summed E-state index contributed by atoms with van der Waals surface area (Å²) in [5.41, 5.74) is 2.08. The molecule has 5 nitrogen and oxygen atoms in total. The fourth-order valence-corrected chi connectivity index (χ4v) is 2.06. The minimum atomic E-state index is -0.417. The summed E-state index contributed by atoms with van der Waals surface area (Å²) in [6.07, 6.45) is 0.372. The van der Waals surface area contributed by atoms with Gasteiger partial charge in [-0.25, -0.2) is 0 Å². The van der Waals surface area contributed by atoms with E-state index in [-0.39, 0.29) is 11.7 Å². The zero-order valence-electron chi connectivity index (χ0n) is 11.4. The van der Waals surface area contributed by atoms with Gasteiger partial charge in [-0.05, 0) is 11.1 Å². The molecule has 0 amide bonds. The van der Waals surface area contributed by atoms with Crippen molar-refractivity contribution in [3.63, 3.8) is 0 Å². The van der Waals surface area contributed by atoms with Gasteiger partial charge in [-0.2, -0.15) is 5.26 Å². The van der Waals surface area contributed by atoms with Crippen LogP contribution in [-0.2, 0) is 6.54 Å². The molecular weight excluding hydrogens is 266 g/mol. The van der Waals surface area contributed by atoms with Gasteiger partial charge in [0.05, 0.1) is 17.4 Å². The minimum Gasteiger partial charge on any atom is -0.305 e. The van der Waals surface area contributed by atoms with Gasteiger partial charge < -0.3 is 5.32 Å². The summed E-state index contributed by atoms with van der Waals surface area (Å²) in [7, 11) is 0. The Balaban J connectivity index is 2.02. The Hall–Kier alpha value is -2.71. The van der Waals surface area contributed by atoms with Crippen LogP contribution in [0.1, 0.15) is 23.6 Å². The van der Waals surface area contributed by atoms with Gasteiger partial charge in [-0.15, -0.1) is 0 Å². The topological polar surface area (TPSA) is 79.0 Å². The van der Waals surface area contributed by atoms with Crippen LogP contribution in [0.2, 0.25) is 0 Å². The summed E-state index contributed by atoms with van der Waals surface area (Å²) < 4.78 is 0. The van der Waals surface area contributed by atoms with E-state index in [1.807, 2.05) is 30.3 Å². The SMILES string of the molecule is N#CCC(NCc1ccc([N+](=O)[O-])cc1)c1ccccc1. The Labute approximate surface area is 123 Å². The van der Waals surface area contributed by atoms with E-state index in [4.69, 9.17) is 5.26 Å². The van der Waals surface area contributed by atoms with Crippen LogP contribution >= 0.6 is 0 Å². The average Bonchev–Trinajstić information content (AvgIpc) is 2.52. The molecule has 0 saturated carbocycles. The number of hydrogen-bond donors (Lipinski definition) is 1. The van der Waals surface area contributed by atoms with Gasteiger partial charge in [0.1, 0.15) is 0 Å². The molecule has 0 aliphatic carbocycles. The summed E-state index contributed by atoms with van der Waals surface area (Å²) in [5, 5.41) is 22.8. The van der Waals surface area contributed by atoms with Gasteiger partial charge in [0, 0.05) is 24.7 Å². The Kier molecular flexibility index (Phi) is 5.02. The number of nitriles is 1. The molecule has 1 N–H and O–H groups in total. The van der Waals surface area contributed by atoms with E-state index in [9.17, 15) is 10.1 Å². The second-order valence-corrected chi connectivity index (χ2v) is 4.63. The number of hydrogen-bond acceptors (Lipinski definition) is 4. The second kappa shape index (κ2) is 7.17. The summed E-state index contributed by atoms with van der Waals surface area (Å²) in [6, 6.07) is 18.3. The number of nitro benzene ring substituents is 1. The lowest BCUT2D eigenvalue weighted by molar-refractivity contribution is -0.384. The predicted molar refractivity (Wildman–Crippen MR) is 79.3 cm³/mol. The van der Waals surface area contributed by atoms with Crippen LogP contribution < -0.4 is 5.32 Å². The highest BCUT2D eigenvalue weighted by molar-refractivity contribution is 5.33. The standard InChI is InChI=1S/C16H15N3O2/c17-11-10-16(14-4-2-1-3-5-14)18-12-13-6-8-15(9-7-13)19(20)21/h1-9,16,18H,10,12H2. The number of non-ortho nitro benzene ring substituents is 1. The first-order chi connectivity index (χ1) is 10.2. The maximum Gasteiger partial charge on any atom is 0.269 e. The molecule has 5 heteroatoms. The van der Waals surface area contributed by atoms with Crippen molar-refractivity contribution in [2.45, 2.75) is 19.0 Å². The van der Waals surface area contributed by atoms with Crippen molar-refractivity contribution in [1.82, 2.24) is 5.32 Å². The van der Waals surface area contributed by atoms with Crippen LogP contribution in [0.5, 0.6) is 0 Å². The van der Waals surface area contributed by atoms with Gasteiger partial charge in [0.25, 0.3) is 5.69 Å². The Morgan fingerprint density at radius 3 is 2.38 bits per heavy atom. The molecule has 0 aromatic heterocycles. The molecular formula is C16H15N3O2. The van der Waals surface area contributed by atoms with Gasteiger partial charge in [-0.3, -0.25) is 10.1 Å². The zero-order chi connectivity index (χ0) is 15.1. The van der Waals surface area contributed by atoms with Crippen LogP contribution in [0.25, 0.3) is 0 Å². The van der Waals surface area contributed by atoms with Gasteiger partial charge in [-0.1, -0.05) is 42.5 Å². The summed E-state index contributed by atoms with van der Waals surface area (Å²) in [5.74, 6) is 0. The molecule has 0 spiro atoms. The molecule has 1 unspecified atom stereocenters. The Morgan fingerprint density at radius 2 is 1.81 bits per heavy atom. The highest BCUT2D eigenvalue weighted by Crippen LogP contribution is 2.17. The lowest BCUT2D eigenvalue weighted by Crippen LogP contribution is -2.20. The molecule has 2 aromatic rings. The molecule has 1 atom stereocenters. The molecule has 0 aliphatic rings. The van der Waals surface area contributed by atoms with Gasteiger partial charge >= 0.3 is 0 Å². The van der Waals surface area contributed by atoms with E-state index in [1.165, 1.54) is 12.1 Å². The van der Waals surface area contributed by atoms with Crippen LogP contribution in [0.4, 0.5) is 5.69 Å². The number of nitrogens with one attached hydrogen (secondary N) is 1. The fourth-order valence-electron chi connectivity index (χ4n) is 2.06. The fraction of sp³-hybridized carbons (Fsp3) is 0.188. The molecule has 2 rings (SSSR count). The second-order valence-electron chi connectivity index (χ2n) is 4.63. The van der Waals surface area contributed by atoms with Crippen LogP contribution in [0, 0.1) is 21.4 Å². The largest absolute Gasteiger partial charge is 0.305 e. The molecule has 21 heavy (non-hydrogen) atoms. The molecule has 0 saturated heterocycles. The smallest absolute Gasteiger partial charge is 0.269 e. The summed E-state index contributed by atoms with van der Waals surface area (Å²) in [4.78, 5) is 10.2. The van der Waals surface area contributed by atoms with Crippen molar-refractivity contribution in [3.05, 3.63) is 75.8 Å². The van der Waals surface area contributed by atoms with Gasteiger partial charge in [0.2, 0.25) is 0 Å². The zero-order valence-corrected chi connectivity index (χ0v) is 11.4. The van der Waals surface area contributed by atoms with E-state index in [2.05, 4.69) is 11.4 Å². The summed E-state index contributed by atoms with van der Waals surface area (Å²) >= 11 is 0. The quantitative estimate of drug-likeness (QED) is 0.650. The van der Waals surface area contributed by atoms with Crippen molar-refractivity contribution < 1.29 is 4.92 Å². The summed E-state index contributed by atoms with van der Waals surface area (Å²) in [6.45, 7) is 0.555. The maximum absolute atomic E-state index is 10.6. The molecule has 2 aromatic carbocycles. The monoisotopic (exact) mass is 281 g/mol. The number of rotatable bonds is 6. The van der Waals surface area contributed by atoms with Crippen molar-refractivity contribution in [2.75, 3.05) is 0 Å². The van der Waals surface area contributed by atoms with E-state index in [0.717, 1.165) is 11.1 Å². The third-order valence-electron chi connectivity index (χ3n) is 3.20. The third kappa shape index (κ3) is 4.13. The van der Waals surface area contributed by atoms with Crippen LogP contribution in [0.3, 0.4) is 0 Å². The lowest BCUT2D eigenvalue weighted by Gasteiger charge is -2.16. The molecule has 0 aliphatic heterocycles. The Bertz CT molecular complexity index is 633. The van der Waals surface area contributed by atoms with E-state index < -0.39 is 4.92 Å². The van der Waals surface area contributed by atoms with Crippen molar-refractivity contribution in [1.29, 1.82) is 5.26 Å². The van der Waals surface area contributed by atoms with Crippen molar-refractivity contribution in [3.8, 4) is 6.07 Å². The molecule has 0 bridgehead atoms. The first-order valence-corrected chi connectivity index (χ1v) is 6.59. The van der Waals surface area contributed by atoms with E-state index >= 15 is 0 Å². The third-order valence-corrected chi connectivity index (χ3v) is 3.20. The van der Waals surface area contributed by atoms with Crippen molar-refractivity contribution >= 4 is 5.69 Å². The predicted octanol–water partition coefficient (Wildman–Crippen LogP) is 3.34. The van der Waals surface area contributed by atoms with Crippen molar-refractivity contribution in [2.24, 2.45) is 0 Å².